The Kier molecular flexibility index (Phi) is 5.63. The molecule has 136 valence electrons. The summed E-state index contributed by atoms with van der Waals surface area (Å²) in [6, 6.07) is 14.9. The van der Waals surface area contributed by atoms with Gasteiger partial charge >= 0.3 is 0 Å². The lowest BCUT2D eigenvalue weighted by molar-refractivity contribution is 0.417. The highest BCUT2D eigenvalue weighted by Gasteiger charge is 2.29. The Bertz CT molecular complexity index is 966. The lowest BCUT2D eigenvalue weighted by atomic mass is 10.3. The van der Waals surface area contributed by atoms with E-state index < -0.39 is 18.0 Å². The van der Waals surface area contributed by atoms with Crippen molar-refractivity contribution in [2.45, 2.75) is 4.90 Å². The van der Waals surface area contributed by atoms with E-state index in [4.69, 9.17) is 9.47 Å². The van der Waals surface area contributed by atoms with Crippen LogP contribution in [0.1, 0.15) is 0 Å². The van der Waals surface area contributed by atoms with Crippen LogP contribution in [0.5, 0.6) is 11.5 Å². The van der Waals surface area contributed by atoms with Crippen LogP contribution in [0.25, 0.3) is 0 Å². The molecule has 1 aromatic heterocycles. The molecule has 8 heteroatoms. The first-order valence-electron chi connectivity index (χ1n) is 7.57. The molecule has 1 heterocycles. The monoisotopic (exact) mass is 408 g/mol. The Morgan fingerprint density at radius 3 is 1.81 bits per heavy atom. The number of ether oxygens (including phenoxy) is 2. The molecule has 0 amide bonds. The molecule has 5 nitrogen and oxygen atoms in total. The molecule has 26 heavy (non-hydrogen) atoms. The minimum atomic E-state index is -4.35. The number of hydrogen-bond acceptors (Lipinski definition) is 5. The van der Waals surface area contributed by atoms with Crippen LogP contribution in [0, 0.1) is 0 Å². The second kappa shape index (κ2) is 7.76. The van der Waals surface area contributed by atoms with E-state index in [-0.39, 0.29) is 4.90 Å². The van der Waals surface area contributed by atoms with Gasteiger partial charge in [0.25, 0.3) is 10.1 Å². The van der Waals surface area contributed by atoms with Gasteiger partial charge in [-0.3, -0.25) is 4.55 Å². The molecule has 2 aromatic carbocycles. The Hall–Kier alpha value is -1.92. The van der Waals surface area contributed by atoms with Crippen molar-refractivity contribution in [1.29, 1.82) is 0 Å². The van der Waals surface area contributed by atoms with Crippen molar-refractivity contribution in [3.63, 3.8) is 0 Å². The number of rotatable bonds is 6. The van der Waals surface area contributed by atoms with Gasteiger partial charge in [0, 0.05) is 26.7 Å². The lowest BCUT2D eigenvalue weighted by Gasteiger charge is -2.23. The van der Waals surface area contributed by atoms with E-state index in [1.807, 2.05) is 48.5 Å². The summed E-state index contributed by atoms with van der Waals surface area (Å²) >= 11 is 1.23. The van der Waals surface area contributed by atoms with Gasteiger partial charge in [0.2, 0.25) is 0 Å². The van der Waals surface area contributed by atoms with Crippen LogP contribution in [0.3, 0.4) is 0 Å². The summed E-state index contributed by atoms with van der Waals surface area (Å²) in [4.78, 5) is -0.0783. The molecular formula is C18H17O5PS2. The molecular weight excluding hydrogens is 391 g/mol. The fourth-order valence-corrected chi connectivity index (χ4v) is 7.90. The molecule has 0 bridgehead atoms. The average Bonchev–Trinajstić information content (AvgIpc) is 3.13. The maximum Gasteiger partial charge on any atom is 0.296 e. The molecule has 1 N–H and O–H groups in total. The molecule has 0 unspecified atom stereocenters. The van der Waals surface area contributed by atoms with Crippen molar-refractivity contribution in [3.05, 3.63) is 59.3 Å². The largest absolute Gasteiger partial charge is 0.496 e. The second-order valence-corrected chi connectivity index (χ2v) is 9.53. The highest BCUT2D eigenvalue weighted by molar-refractivity contribution is 7.88. The number of thiophene rings is 1. The predicted octanol–water partition coefficient (Wildman–Crippen LogP) is 2.77. The highest BCUT2D eigenvalue weighted by Crippen LogP contribution is 2.41. The summed E-state index contributed by atoms with van der Waals surface area (Å²) in [5.41, 5.74) is 0. The zero-order chi connectivity index (χ0) is 18.7. The minimum absolute atomic E-state index is 0.0783. The molecule has 0 radical (unpaired) electrons. The van der Waals surface area contributed by atoms with E-state index in [0.717, 1.165) is 10.6 Å². The lowest BCUT2D eigenvalue weighted by Crippen LogP contribution is -2.25. The summed E-state index contributed by atoms with van der Waals surface area (Å²) < 4.78 is 44.5. The van der Waals surface area contributed by atoms with Gasteiger partial charge in [0.05, 0.1) is 14.2 Å². The van der Waals surface area contributed by atoms with Gasteiger partial charge in [0.1, 0.15) is 16.4 Å². The maximum absolute atomic E-state index is 11.9. The van der Waals surface area contributed by atoms with Gasteiger partial charge in [-0.05, 0) is 20.1 Å². The summed E-state index contributed by atoms with van der Waals surface area (Å²) in [7, 11) is -2.52. The summed E-state index contributed by atoms with van der Waals surface area (Å²) in [5, 5.41) is 5.44. The minimum Gasteiger partial charge on any atom is -0.496 e. The molecule has 0 saturated carbocycles. The van der Waals surface area contributed by atoms with Crippen molar-refractivity contribution < 1.29 is 22.4 Å². The second-order valence-electron chi connectivity index (χ2n) is 5.28. The number of methoxy groups -OCH3 is 2. The van der Waals surface area contributed by atoms with Gasteiger partial charge in [-0.15, -0.1) is 0 Å². The third-order valence-electron chi connectivity index (χ3n) is 3.78. The summed E-state index contributed by atoms with van der Waals surface area (Å²) in [6.45, 7) is 0. The number of para-hydroxylation sites is 2. The van der Waals surface area contributed by atoms with Crippen LogP contribution in [-0.4, -0.2) is 27.2 Å². The maximum atomic E-state index is 11.9. The van der Waals surface area contributed by atoms with Gasteiger partial charge in [-0.25, -0.2) is 0 Å². The topological polar surface area (TPSA) is 72.8 Å². The molecule has 3 aromatic rings. The molecule has 0 atom stereocenters. The Morgan fingerprint density at radius 1 is 0.846 bits per heavy atom. The standard InChI is InChI=1S/C18H17O5PS2/c1-22-13-7-3-5-9-15(13)24(16-10-6-4-8-14(16)23-2)17-11-25-12-18(17)26(19,20)21/h3-12H,1-2H3,(H,19,20,21). The molecule has 0 spiro atoms. The first-order valence-corrected chi connectivity index (χ1v) is 11.3. The van der Waals surface area contributed by atoms with E-state index in [1.54, 1.807) is 19.6 Å². The van der Waals surface area contributed by atoms with E-state index in [2.05, 4.69) is 0 Å². The molecule has 0 aliphatic heterocycles. The number of benzene rings is 2. The van der Waals surface area contributed by atoms with Crippen molar-refractivity contribution in [3.8, 4) is 11.5 Å². The normalized spacial score (nSPS) is 11.5. The van der Waals surface area contributed by atoms with Gasteiger partial charge in [0.15, 0.2) is 0 Å². The molecule has 0 fully saturated rings. The Morgan fingerprint density at radius 2 is 1.35 bits per heavy atom. The Balaban J connectivity index is 2.33. The first-order chi connectivity index (χ1) is 12.5. The fourth-order valence-electron chi connectivity index (χ4n) is 2.65. The van der Waals surface area contributed by atoms with Gasteiger partial charge < -0.3 is 9.47 Å². The van der Waals surface area contributed by atoms with Crippen molar-refractivity contribution >= 4 is 45.3 Å². The third kappa shape index (κ3) is 3.62. The number of hydrogen-bond donors (Lipinski definition) is 1. The smallest absolute Gasteiger partial charge is 0.296 e. The molecule has 0 aliphatic carbocycles. The van der Waals surface area contributed by atoms with Crippen LogP contribution in [0.2, 0.25) is 0 Å². The third-order valence-corrected chi connectivity index (χ3v) is 8.44. The molecule has 3 rings (SSSR count). The van der Waals surface area contributed by atoms with E-state index in [1.165, 1.54) is 16.7 Å². The van der Waals surface area contributed by atoms with Crippen LogP contribution < -0.4 is 25.4 Å². The van der Waals surface area contributed by atoms with Crippen LogP contribution in [0.4, 0.5) is 0 Å². The van der Waals surface area contributed by atoms with Crippen molar-refractivity contribution in [1.82, 2.24) is 0 Å². The fraction of sp³-hybridized carbons (Fsp3) is 0.111. The zero-order valence-corrected chi connectivity index (χ0v) is 16.6. The average molecular weight is 408 g/mol. The van der Waals surface area contributed by atoms with Crippen LogP contribution >= 0.6 is 19.3 Å². The van der Waals surface area contributed by atoms with Gasteiger partial charge in [-0.1, -0.05) is 36.4 Å². The molecule has 0 aliphatic rings. The molecule has 0 saturated heterocycles. The van der Waals surface area contributed by atoms with Crippen LogP contribution in [-0.2, 0) is 10.1 Å². The SMILES string of the molecule is COc1ccccc1P(c1ccccc1OC)c1cscc1S(=O)(=O)O. The summed E-state index contributed by atoms with van der Waals surface area (Å²) in [6.07, 6.45) is 0. The summed E-state index contributed by atoms with van der Waals surface area (Å²) in [5.74, 6) is 1.30. The highest BCUT2D eigenvalue weighted by atomic mass is 32.2. The predicted molar refractivity (Wildman–Crippen MR) is 106 cm³/mol. The van der Waals surface area contributed by atoms with E-state index >= 15 is 0 Å². The zero-order valence-electron chi connectivity index (χ0n) is 14.1. The van der Waals surface area contributed by atoms with E-state index in [9.17, 15) is 13.0 Å². The van der Waals surface area contributed by atoms with E-state index in [0.29, 0.717) is 16.8 Å². The first kappa shape index (κ1) is 18.9. The quantitative estimate of drug-likeness (QED) is 0.502. The van der Waals surface area contributed by atoms with Crippen LogP contribution in [0.15, 0.2) is 64.2 Å². The van der Waals surface area contributed by atoms with Crippen molar-refractivity contribution in [2.75, 3.05) is 14.2 Å². The van der Waals surface area contributed by atoms with Gasteiger partial charge in [-0.2, -0.15) is 19.8 Å². The van der Waals surface area contributed by atoms with Crippen molar-refractivity contribution in [2.24, 2.45) is 0 Å². The Labute approximate surface area is 157 Å².